The molecular weight excluding hydrogens is 338 g/mol. The van der Waals surface area contributed by atoms with Crippen LogP contribution in [0.5, 0.6) is 0 Å². The fraction of sp³-hybridized carbons (Fsp3) is 0.650. The minimum atomic E-state index is -0.369. The summed E-state index contributed by atoms with van der Waals surface area (Å²) in [5.41, 5.74) is 0.626. The van der Waals surface area contributed by atoms with Crippen LogP contribution in [0.1, 0.15) is 50.5 Å². The molecule has 1 aromatic rings. The van der Waals surface area contributed by atoms with Crippen LogP contribution in [0, 0.1) is 0 Å². The molecule has 2 heterocycles. The van der Waals surface area contributed by atoms with Crippen LogP contribution in [0.3, 0.4) is 0 Å². The Morgan fingerprint density at radius 1 is 1.08 bits per heavy atom. The van der Waals surface area contributed by atoms with Crippen molar-refractivity contribution >= 4 is 17.5 Å². The molecule has 1 saturated carbocycles. The van der Waals surface area contributed by atoms with E-state index in [2.05, 4.69) is 5.32 Å². The number of benzene rings is 1. The van der Waals surface area contributed by atoms with Gasteiger partial charge in [-0.25, -0.2) is 0 Å². The minimum Gasteiger partial charge on any atom is -0.381 e. The summed E-state index contributed by atoms with van der Waals surface area (Å²) in [7, 11) is 0. The van der Waals surface area contributed by atoms with E-state index in [1.54, 1.807) is 0 Å². The van der Waals surface area contributed by atoms with E-state index < -0.39 is 0 Å². The van der Waals surface area contributed by atoms with Gasteiger partial charge in [0.05, 0.1) is 11.0 Å². The van der Waals surface area contributed by atoms with Gasteiger partial charge in [0.2, 0.25) is 5.91 Å². The number of ether oxygens (including phenoxy) is 2. The van der Waals surface area contributed by atoms with Crippen LogP contribution in [0.2, 0.25) is 5.02 Å². The Labute approximate surface area is 154 Å². The normalized spacial score (nSPS) is 27.5. The predicted octanol–water partition coefficient (Wildman–Crippen LogP) is 3.61. The van der Waals surface area contributed by atoms with Gasteiger partial charge in [0, 0.05) is 30.9 Å². The summed E-state index contributed by atoms with van der Waals surface area (Å²) >= 11 is 6.02. The van der Waals surface area contributed by atoms with Crippen LogP contribution in [-0.2, 0) is 19.7 Å². The molecule has 2 aliphatic heterocycles. The SMILES string of the molecule is O=C(NC1CCOC2(CCOCC2)C1)C1(c2ccc(Cl)cc2)CCC1. The Kier molecular flexibility index (Phi) is 4.78. The van der Waals surface area contributed by atoms with Gasteiger partial charge in [-0.2, -0.15) is 0 Å². The maximum absolute atomic E-state index is 13.2. The molecule has 0 aromatic heterocycles. The Morgan fingerprint density at radius 3 is 2.44 bits per heavy atom. The van der Waals surface area contributed by atoms with Crippen LogP contribution < -0.4 is 5.32 Å². The highest BCUT2D eigenvalue weighted by Crippen LogP contribution is 2.44. The molecule has 2 saturated heterocycles. The summed E-state index contributed by atoms with van der Waals surface area (Å²) in [6.07, 6.45) is 6.60. The van der Waals surface area contributed by atoms with E-state index in [-0.39, 0.29) is 23.0 Å². The van der Waals surface area contributed by atoms with Gasteiger partial charge in [-0.15, -0.1) is 0 Å². The minimum absolute atomic E-state index is 0.0957. The number of rotatable bonds is 3. The first-order valence-corrected chi connectivity index (χ1v) is 9.79. The third kappa shape index (κ3) is 3.32. The van der Waals surface area contributed by atoms with Crippen LogP contribution in [0.4, 0.5) is 0 Å². The summed E-state index contributed by atoms with van der Waals surface area (Å²) in [6.45, 7) is 2.24. The number of carbonyl (C=O) groups excluding carboxylic acids is 1. The van der Waals surface area contributed by atoms with Crippen LogP contribution >= 0.6 is 11.6 Å². The molecule has 0 radical (unpaired) electrons. The van der Waals surface area contributed by atoms with E-state index in [4.69, 9.17) is 21.1 Å². The van der Waals surface area contributed by atoms with E-state index in [0.29, 0.717) is 5.02 Å². The lowest BCUT2D eigenvalue weighted by molar-refractivity contribution is -0.146. The molecule has 136 valence electrons. The van der Waals surface area contributed by atoms with Gasteiger partial charge in [0.15, 0.2) is 0 Å². The zero-order chi connectivity index (χ0) is 17.3. The maximum atomic E-state index is 13.2. The van der Waals surface area contributed by atoms with Gasteiger partial charge >= 0.3 is 0 Å². The number of hydrogen-bond donors (Lipinski definition) is 1. The molecule has 25 heavy (non-hydrogen) atoms. The molecule has 1 N–H and O–H groups in total. The molecule has 1 unspecified atom stereocenters. The molecule has 1 aromatic carbocycles. The smallest absolute Gasteiger partial charge is 0.230 e. The third-order valence-corrected chi connectivity index (χ3v) is 6.52. The van der Waals surface area contributed by atoms with Crippen LogP contribution in [0.15, 0.2) is 24.3 Å². The van der Waals surface area contributed by atoms with Crippen molar-refractivity contribution in [1.82, 2.24) is 5.32 Å². The first-order valence-electron chi connectivity index (χ1n) is 9.41. The molecule has 1 atom stereocenters. The standard InChI is InChI=1S/C20H26ClNO3/c21-16-4-2-15(3-5-16)20(7-1-8-20)18(23)22-17-6-11-25-19(14-17)9-12-24-13-10-19/h2-5,17H,1,6-14H2,(H,22,23). The summed E-state index contributed by atoms with van der Waals surface area (Å²) in [4.78, 5) is 13.2. The lowest BCUT2D eigenvalue weighted by atomic mass is 9.63. The number of hydrogen-bond acceptors (Lipinski definition) is 3. The summed E-state index contributed by atoms with van der Waals surface area (Å²) in [6, 6.07) is 7.98. The largest absolute Gasteiger partial charge is 0.381 e. The van der Waals surface area contributed by atoms with Crippen molar-refractivity contribution in [2.75, 3.05) is 19.8 Å². The van der Waals surface area contributed by atoms with E-state index in [0.717, 1.165) is 70.3 Å². The molecule has 3 aliphatic rings. The highest BCUT2D eigenvalue weighted by Gasteiger charge is 2.47. The van der Waals surface area contributed by atoms with Gasteiger partial charge in [-0.05, 0) is 56.2 Å². The van der Waals surface area contributed by atoms with Crippen molar-refractivity contribution in [3.05, 3.63) is 34.9 Å². The molecule has 3 fully saturated rings. The van der Waals surface area contributed by atoms with Crippen molar-refractivity contribution in [2.45, 2.75) is 62.0 Å². The second kappa shape index (κ2) is 6.90. The van der Waals surface area contributed by atoms with Crippen molar-refractivity contribution in [1.29, 1.82) is 0 Å². The Bertz CT molecular complexity index is 615. The number of halogens is 1. The first kappa shape index (κ1) is 17.3. The van der Waals surface area contributed by atoms with Crippen molar-refractivity contribution in [3.8, 4) is 0 Å². The Morgan fingerprint density at radius 2 is 1.80 bits per heavy atom. The molecule has 1 spiro atoms. The van der Waals surface area contributed by atoms with Gasteiger partial charge in [-0.3, -0.25) is 4.79 Å². The van der Waals surface area contributed by atoms with Crippen molar-refractivity contribution in [3.63, 3.8) is 0 Å². The quantitative estimate of drug-likeness (QED) is 0.892. The zero-order valence-corrected chi connectivity index (χ0v) is 15.3. The monoisotopic (exact) mass is 363 g/mol. The van der Waals surface area contributed by atoms with E-state index >= 15 is 0 Å². The van der Waals surface area contributed by atoms with Gasteiger partial charge < -0.3 is 14.8 Å². The molecule has 0 bridgehead atoms. The highest BCUT2D eigenvalue weighted by atomic mass is 35.5. The lowest BCUT2D eigenvalue weighted by Gasteiger charge is -2.46. The summed E-state index contributed by atoms with van der Waals surface area (Å²) in [5.74, 6) is 0.176. The van der Waals surface area contributed by atoms with Crippen LogP contribution in [-0.4, -0.2) is 37.4 Å². The van der Waals surface area contributed by atoms with Crippen molar-refractivity contribution < 1.29 is 14.3 Å². The third-order valence-electron chi connectivity index (χ3n) is 6.27. The van der Waals surface area contributed by atoms with Gasteiger partial charge in [-0.1, -0.05) is 30.2 Å². The Balaban J connectivity index is 1.46. The predicted molar refractivity (Wildman–Crippen MR) is 96.9 cm³/mol. The first-order chi connectivity index (χ1) is 12.1. The van der Waals surface area contributed by atoms with Crippen molar-refractivity contribution in [2.24, 2.45) is 0 Å². The van der Waals surface area contributed by atoms with Gasteiger partial charge in [0.1, 0.15) is 0 Å². The van der Waals surface area contributed by atoms with E-state index in [9.17, 15) is 4.79 Å². The van der Waals surface area contributed by atoms with E-state index in [1.807, 2.05) is 24.3 Å². The highest BCUT2D eigenvalue weighted by molar-refractivity contribution is 6.30. The summed E-state index contributed by atoms with van der Waals surface area (Å²) < 4.78 is 11.6. The lowest BCUT2D eigenvalue weighted by Crippen LogP contribution is -2.56. The molecule has 4 rings (SSSR count). The second-order valence-corrected chi connectivity index (χ2v) is 8.19. The fourth-order valence-electron chi connectivity index (χ4n) is 4.51. The molecule has 1 aliphatic carbocycles. The molecule has 5 heteroatoms. The number of carbonyl (C=O) groups is 1. The molecule has 1 amide bonds. The molecule has 4 nitrogen and oxygen atoms in total. The van der Waals surface area contributed by atoms with Gasteiger partial charge in [0.25, 0.3) is 0 Å². The maximum Gasteiger partial charge on any atom is 0.230 e. The summed E-state index contributed by atoms with van der Waals surface area (Å²) in [5, 5.41) is 4.07. The van der Waals surface area contributed by atoms with E-state index in [1.165, 1.54) is 0 Å². The fourth-order valence-corrected chi connectivity index (χ4v) is 4.64. The topological polar surface area (TPSA) is 47.6 Å². The Hall–Kier alpha value is -1.10. The second-order valence-electron chi connectivity index (χ2n) is 7.75. The average molecular weight is 364 g/mol. The molecular formula is C20H26ClNO3. The zero-order valence-electron chi connectivity index (χ0n) is 14.6. The number of nitrogens with one attached hydrogen (secondary N) is 1. The van der Waals surface area contributed by atoms with Crippen LogP contribution in [0.25, 0.3) is 0 Å². The average Bonchev–Trinajstić information content (AvgIpc) is 2.56. The number of amides is 1.